The number of fused-ring (bicyclic) bond motifs is 1. The van der Waals surface area contributed by atoms with Gasteiger partial charge in [0.2, 0.25) is 0 Å². The number of H-pyrrole nitrogens is 1. The van der Waals surface area contributed by atoms with Crippen LogP contribution < -0.4 is 5.56 Å². The van der Waals surface area contributed by atoms with Gasteiger partial charge in [-0.2, -0.15) is 0 Å². The number of rotatable bonds is 6. The van der Waals surface area contributed by atoms with Crippen LogP contribution in [0.5, 0.6) is 0 Å². The van der Waals surface area contributed by atoms with E-state index in [0.717, 1.165) is 19.3 Å². The van der Waals surface area contributed by atoms with Crippen molar-refractivity contribution in [2.45, 2.75) is 57.1 Å². The Morgan fingerprint density at radius 2 is 2.12 bits per heavy atom. The molecular formula is C15H22N4O5. The van der Waals surface area contributed by atoms with Crippen molar-refractivity contribution in [3.8, 4) is 0 Å². The van der Waals surface area contributed by atoms with Gasteiger partial charge in [0.1, 0.15) is 24.1 Å². The van der Waals surface area contributed by atoms with Crippen molar-refractivity contribution in [3.63, 3.8) is 0 Å². The molecular weight excluding hydrogens is 316 g/mol. The molecule has 0 aromatic carbocycles. The molecule has 0 aliphatic carbocycles. The zero-order chi connectivity index (χ0) is 17.3. The summed E-state index contributed by atoms with van der Waals surface area (Å²) in [5, 5.41) is 29.2. The second-order valence-electron chi connectivity index (χ2n) is 6.02. The van der Waals surface area contributed by atoms with Crippen LogP contribution in [0.3, 0.4) is 0 Å². The Morgan fingerprint density at radius 3 is 2.79 bits per heavy atom. The lowest BCUT2D eigenvalue weighted by atomic mass is 10.1. The molecule has 0 spiro atoms. The number of hydrogen-bond acceptors (Lipinski definition) is 7. The van der Waals surface area contributed by atoms with Gasteiger partial charge in [0.05, 0.1) is 12.9 Å². The topological polar surface area (TPSA) is 133 Å². The van der Waals surface area contributed by atoms with Crippen molar-refractivity contribution in [2.75, 3.05) is 6.61 Å². The number of hydrogen-bond donors (Lipinski definition) is 4. The average molecular weight is 338 g/mol. The lowest BCUT2D eigenvalue weighted by molar-refractivity contribution is -0.0511. The third-order valence-electron chi connectivity index (χ3n) is 4.29. The van der Waals surface area contributed by atoms with Crippen molar-refractivity contribution < 1.29 is 20.1 Å². The number of nitrogens with one attached hydrogen (secondary N) is 1. The van der Waals surface area contributed by atoms with Crippen LogP contribution in [0.15, 0.2) is 11.1 Å². The molecule has 0 radical (unpaired) electrons. The lowest BCUT2D eigenvalue weighted by Gasteiger charge is -2.16. The maximum Gasteiger partial charge on any atom is 0.279 e. The number of aromatic nitrogens is 4. The van der Waals surface area contributed by atoms with E-state index in [1.165, 1.54) is 10.9 Å². The van der Waals surface area contributed by atoms with Crippen LogP contribution in [-0.4, -0.2) is 59.8 Å². The molecule has 4 N–H and O–H groups in total. The second kappa shape index (κ2) is 6.98. The van der Waals surface area contributed by atoms with Crippen LogP contribution in [0.2, 0.25) is 0 Å². The molecule has 0 bridgehead atoms. The zero-order valence-electron chi connectivity index (χ0n) is 13.4. The number of ether oxygens (including phenoxy) is 1. The van der Waals surface area contributed by atoms with E-state index in [9.17, 15) is 20.1 Å². The molecule has 3 rings (SSSR count). The van der Waals surface area contributed by atoms with Crippen LogP contribution >= 0.6 is 0 Å². The highest BCUT2D eigenvalue weighted by atomic mass is 16.6. The van der Waals surface area contributed by atoms with Crippen molar-refractivity contribution >= 4 is 11.2 Å². The van der Waals surface area contributed by atoms with Gasteiger partial charge in [-0.1, -0.05) is 19.8 Å². The summed E-state index contributed by atoms with van der Waals surface area (Å²) >= 11 is 0. The van der Waals surface area contributed by atoms with Gasteiger partial charge in [0, 0.05) is 6.42 Å². The van der Waals surface area contributed by atoms with Gasteiger partial charge in [-0.3, -0.25) is 9.36 Å². The van der Waals surface area contributed by atoms with Crippen LogP contribution in [0.25, 0.3) is 11.2 Å². The average Bonchev–Trinajstić information content (AvgIpc) is 3.10. The fourth-order valence-electron chi connectivity index (χ4n) is 2.93. The summed E-state index contributed by atoms with van der Waals surface area (Å²) < 4.78 is 6.91. The van der Waals surface area contributed by atoms with Gasteiger partial charge in [-0.05, 0) is 6.42 Å². The Kier molecular flexibility index (Phi) is 4.95. The summed E-state index contributed by atoms with van der Waals surface area (Å²) in [5.41, 5.74) is 0.0871. The Labute approximate surface area is 137 Å². The van der Waals surface area contributed by atoms with Gasteiger partial charge in [0.25, 0.3) is 5.56 Å². The van der Waals surface area contributed by atoms with Crippen molar-refractivity contribution in [3.05, 3.63) is 22.5 Å². The zero-order valence-corrected chi connectivity index (χ0v) is 13.4. The molecule has 9 nitrogen and oxygen atoms in total. The summed E-state index contributed by atoms with van der Waals surface area (Å²) in [4.78, 5) is 23.3. The fraction of sp³-hybridized carbons (Fsp3) is 0.667. The van der Waals surface area contributed by atoms with Gasteiger partial charge in [0.15, 0.2) is 17.4 Å². The SMILES string of the molecule is CCCCCc1nc2c(ncn2[C@@H]2O[C@H](CO)[C@@H](O)[C@H]2O)c(=O)[nH]1. The Balaban J connectivity index is 1.95. The van der Waals surface area contributed by atoms with Gasteiger partial charge in [-0.25, -0.2) is 9.97 Å². The first-order chi connectivity index (χ1) is 11.6. The molecule has 0 amide bonds. The van der Waals surface area contributed by atoms with Crippen LogP contribution in [-0.2, 0) is 11.2 Å². The number of nitrogens with zero attached hydrogens (tertiary/aromatic N) is 3. The first-order valence-electron chi connectivity index (χ1n) is 8.15. The van der Waals surface area contributed by atoms with E-state index in [-0.39, 0.29) is 11.1 Å². The van der Waals surface area contributed by atoms with Gasteiger partial charge >= 0.3 is 0 Å². The van der Waals surface area contributed by atoms with Crippen LogP contribution in [0.4, 0.5) is 0 Å². The molecule has 1 aliphatic rings. The number of unbranched alkanes of at least 4 members (excludes halogenated alkanes) is 2. The number of aliphatic hydroxyl groups excluding tert-OH is 3. The molecule has 1 aliphatic heterocycles. The first kappa shape index (κ1) is 17.0. The molecule has 1 fully saturated rings. The number of aliphatic hydroxyl groups is 3. The summed E-state index contributed by atoms with van der Waals surface area (Å²) in [6, 6.07) is 0. The highest BCUT2D eigenvalue weighted by Crippen LogP contribution is 2.30. The van der Waals surface area contributed by atoms with E-state index >= 15 is 0 Å². The molecule has 9 heteroatoms. The predicted octanol–water partition coefficient (Wildman–Crippen LogP) is -0.536. The van der Waals surface area contributed by atoms with E-state index < -0.39 is 31.1 Å². The number of aromatic amines is 1. The fourth-order valence-corrected chi connectivity index (χ4v) is 2.93. The van der Waals surface area contributed by atoms with Gasteiger partial charge < -0.3 is 25.0 Å². The summed E-state index contributed by atoms with van der Waals surface area (Å²) in [6.07, 6.45) is 0.681. The highest BCUT2D eigenvalue weighted by molar-refractivity contribution is 5.69. The van der Waals surface area contributed by atoms with Crippen molar-refractivity contribution in [1.82, 2.24) is 19.5 Å². The predicted molar refractivity (Wildman–Crippen MR) is 84.4 cm³/mol. The minimum atomic E-state index is -1.25. The van der Waals surface area contributed by atoms with E-state index in [1.54, 1.807) is 0 Å². The van der Waals surface area contributed by atoms with E-state index in [1.807, 2.05) is 0 Å². The molecule has 0 saturated carbocycles. The lowest BCUT2D eigenvalue weighted by Crippen LogP contribution is -2.33. The Morgan fingerprint density at radius 1 is 1.33 bits per heavy atom. The molecule has 0 unspecified atom stereocenters. The number of imidazole rings is 1. The minimum Gasteiger partial charge on any atom is -0.394 e. The molecule has 4 atom stereocenters. The van der Waals surface area contributed by atoms with Gasteiger partial charge in [-0.15, -0.1) is 0 Å². The summed E-state index contributed by atoms with van der Waals surface area (Å²) in [7, 11) is 0. The third kappa shape index (κ3) is 2.95. The molecule has 3 heterocycles. The minimum absolute atomic E-state index is 0.145. The summed E-state index contributed by atoms with van der Waals surface area (Å²) in [6.45, 7) is 1.67. The Hall–Kier alpha value is -1.81. The standard InChI is InChI=1S/C15H22N4O5/c1-2-3-4-5-9-17-13-10(14(23)18-9)16-7-19(13)15-12(22)11(21)8(6-20)24-15/h7-8,11-12,15,20-22H,2-6H2,1H3,(H,17,18,23)/t8-,11-,12-,15-/m1/s1. The molecule has 1 saturated heterocycles. The van der Waals surface area contributed by atoms with E-state index in [0.29, 0.717) is 17.9 Å². The maximum atomic E-state index is 12.2. The first-order valence-corrected chi connectivity index (χ1v) is 8.15. The molecule has 132 valence electrons. The number of aryl methyl sites for hydroxylation is 1. The quantitative estimate of drug-likeness (QED) is 0.520. The van der Waals surface area contributed by atoms with E-state index in [2.05, 4.69) is 21.9 Å². The normalized spacial score (nSPS) is 27.2. The molecule has 24 heavy (non-hydrogen) atoms. The van der Waals surface area contributed by atoms with Crippen LogP contribution in [0.1, 0.15) is 38.2 Å². The maximum absolute atomic E-state index is 12.2. The van der Waals surface area contributed by atoms with Crippen molar-refractivity contribution in [2.24, 2.45) is 0 Å². The molecule has 2 aromatic rings. The molecule has 2 aromatic heterocycles. The monoisotopic (exact) mass is 338 g/mol. The smallest absolute Gasteiger partial charge is 0.279 e. The Bertz CT molecular complexity index is 758. The third-order valence-corrected chi connectivity index (χ3v) is 4.29. The largest absolute Gasteiger partial charge is 0.394 e. The van der Waals surface area contributed by atoms with E-state index in [4.69, 9.17) is 4.74 Å². The summed E-state index contributed by atoms with van der Waals surface area (Å²) in [5.74, 6) is 0.550. The van der Waals surface area contributed by atoms with Crippen LogP contribution in [0, 0.1) is 0 Å². The highest BCUT2D eigenvalue weighted by Gasteiger charge is 2.44. The van der Waals surface area contributed by atoms with Crippen molar-refractivity contribution in [1.29, 1.82) is 0 Å². The second-order valence-corrected chi connectivity index (χ2v) is 6.02.